The predicted octanol–water partition coefficient (Wildman–Crippen LogP) is 2.61. The first kappa shape index (κ1) is 20.9. The highest BCUT2D eigenvalue weighted by Gasteiger charge is 2.37. The molecule has 7 nitrogen and oxygen atoms in total. The maximum absolute atomic E-state index is 13.2. The van der Waals surface area contributed by atoms with Crippen molar-refractivity contribution in [3.05, 3.63) is 53.7 Å². The number of aryl methyl sites for hydroxylation is 1. The first-order valence-corrected chi connectivity index (χ1v) is 10.9. The van der Waals surface area contributed by atoms with Gasteiger partial charge in [-0.3, -0.25) is 9.59 Å². The zero-order valence-corrected chi connectivity index (χ0v) is 17.8. The van der Waals surface area contributed by atoms with Crippen LogP contribution in [0.2, 0.25) is 0 Å². The van der Waals surface area contributed by atoms with Crippen molar-refractivity contribution >= 4 is 23.3 Å². The van der Waals surface area contributed by atoms with Crippen molar-refractivity contribution in [1.82, 2.24) is 9.88 Å². The molecule has 2 aliphatic rings. The number of carbonyl (C=O) groups is 2. The Labute approximate surface area is 182 Å². The molecule has 0 bridgehead atoms. The molecule has 1 atom stereocenters. The Morgan fingerprint density at radius 2 is 1.97 bits per heavy atom. The van der Waals surface area contributed by atoms with E-state index in [4.69, 9.17) is 0 Å². The SMILES string of the molecule is CCc1ccc(N2CC(C(=O)N3CCCN(c4ncccc4C#N)CC3)CC2=O)cc1. The van der Waals surface area contributed by atoms with E-state index in [0.717, 1.165) is 25.1 Å². The van der Waals surface area contributed by atoms with Crippen molar-refractivity contribution in [2.75, 3.05) is 42.5 Å². The number of rotatable bonds is 4. The van der Waals surface area contributed by atoms with Gasteiger partial charge in [-0.15, -0.1) is 0 Å². The van der Waals surface area contributed by atoms with Crippen LogP contribution in [0.1, 0.15) is 30.9 Å². The molecule has 4 rings (SSSR count). The lowest BCUT2D eigenvalue weighted by Crippen LogP contribution is -2.40. The number of nitriles is 1. The van der Waals surface area contributed by atoms with E-state index in [1.54, 1.807) is 23.2 Å². The zero-order chi connectivity index (χ0) is 21.8. The third kappa shape index (κ3) is 4.38. The molecule has 2 amide bonds. The number of hydrogen-bond donors (Lipinski definition) is 0. The monoisotopic (exact) mass is 417 g/mol. The molecular weight excluding hydrogens is 390 g/mol. The summed E-state index contributed by atoms with van der Waals surface area (Å²) in [6.45, 7) is 5.12. The molecule has 1 aromatic carbocycles. The van der Waals surface area contributed by atoms with Crippen molar-refractivity contribution in [2.24, 2.45) is 5.92 Å². The largest absolute Gasteiger partial charge is 0.354 e. The quantitative estimate of drug-likeness (QED) is 0.764. The third-order valence-corrected chi connectivity index (χ3v) is 6.14. The minimum absolute atomic E-state index is 0.00574. The molecule has 2 aromatic rings. The van der Waals surface area contributed by atoms with Gasteiger partial charge in [0.1, 0.15) is 11.9 Å². The second kappa shape index (κ2) is 9.17. The lowest BCUT2D eigenvalue weighted by atomic mass is 10.1. The van der Waals surface area contributed by atoms with Crippen molar-refractivity contribution in [2.45, 2.75) is 26.2 Å². The van der Waals surface area contributed by atoms with Gasteiger partial charge in [0.25, 0.3) is 0 Å². The van der Waals surface area contributed by atoms with Gasteiger partial charge in [0.05, 0.1) is 11.5 Å². The van der Waals surface area contributed by atoms with Crippen LogP contribution in [0, 0.1) is 17.2 Å². The van der Waals surface area contributed by atoms with Crippen LogP contribution in [-0.4, -0.2) is 54.4 Å². The molecule has 0 spiro atoms. The van der Waals surface area contributed by atoms with Crippen LogP contribution in [-0.2, 0) is 16.0 Å². The number of amides is 2. The second-order valence-corrected chi connectivity index (χ2v) is 8.08. The molecule has 2 aliphatic heterocycles. The van der Waals surface area contributed by atoms with Crippen molar-refractivity contribution in [3.8, 4) is 6.07 Å². The van der Waals surface area contributed by atoms with Crippen LogP contribution in [0.5, 0.6) is 0 Å². The Bertz CT molecular complexity index is 998. The van der Waals surface area contributed by atoms with Crippen molar-refractivity contribution < 1.29 is 9.59 Å². The summed E-state index contributed by atoms with van der Waals surface area (Å²) in [4.78, 5) is 35.9. The summed E-state index contributed by atoms with van der Waals surface area (Å²) < 4.78 is 0. The molecule has 7 heteroatoms. The minimum atomic E-state index is -0.311. The maximum Gasteiger partial charge on any atom is 0.228 e. The van der Waals surface area contributed by atoms with Gasteiger partial charge in [0, 0.05) is 51.0 Å². The molecule has 1 unspecified atom stereocenters. The molecule has 1 aromatic heterocycles. The van der Waals surface area contributed by atoms with Gasteiger partial charge < -0.3 is 14.7 Å². The molecule has 3 heterocycles. The fourth-order valence-electron chi connectivity index (χ4n) is 4.38. The molecule has 31 heavy (non-hydrogen) atoms. The Morgan fingerprint density at radius 1 is 1.16 bits per heavy atom. The van der Waals surface area contributed by atoms with Crippen LogP contribution < -0.4 is 9.80 Å². The smallest absolute Gasteiger partial charge is 0.228 e. The van der Waals surface area contributed by atoms with E-state index in [0.29, 0.717) is 37.6 Å². The topological polar surface area (TPSA) is 80.5 Å². The Kier molecular flexibility index (Phi) is 6.17. The standard InChI is InChI=1S/C24H27N5O2/c1-2-18-6-8-21(9-7-18)29-17-20(15-22(29)30)24(31)28-12-4-11-27(13-14-28)23-19(16-25)5-3-10-26-23/h3,5-10,20H,2,4,11-15,17H2,1H3. The fraction of sp³-hybridized carbons (Fsp3) is 0.417. The van der Waals surface area contributed by atoms with E-state index in [1.807, 2.05) is 29.2 Å². The summed E-state index contributed by atoms with van der Waals surface area (Å²) in [5, 5.41) is 9.36. The molecule has 0 N–H and O–H groups in total. The van der Waals surface area contributed by atoms with Crippen molar-refractivity contribution in [1.29, 1.82) is 5.26 Å². The van der Waals surface area contributed by atoms with Gasteiger partial charge in [-0.05, 0) is 42.7 Å². The Hall–Kier alpha value is -3.40. The predicted molar refractivity (Wildman–Crippen MR) is 119 cm³/mol. The summed E-state index contributed by atoms with van der Waals surface area (Å²) in [7, 11) is 0. The minimum Gasteiger partial charge on any atom is -0.354 e. The number of anilines is 2. The first-order valence-electron chi connectivity index (χ1n) is 10.9. The lowest BCUT2D eigenvalue weighted by molar-refractivity contribution is -0.135. The van der Waals surface area contributed by atoms with Crippen LogP contribution in [0.15, 0.2) is 42.6 Å². The van der Waals surface area contributed by atoms with Crippen molar-refractivity contribution in [3.63, 3.8) is 0 Å². The molecule has 0 aliphatic carbocycles. The number of carbonyl (C=O) groups excluding carboxylic acids is 2. The van der Waals surface area contributed by atoms with Crippen LogP contribution in [0.3, 0.4) is 0 Å². The van der Waals surface area contributed by atoms with Gasteiger partial charge in [0.15, 0.2) is 0 Å². The van der Waals surface area contributed by atoms with Crippen LogP contribution >= 0.6 is 0 Å². The Balaban J connectivity index is 1.40. The van der Waals surface area contributed by atoms with E-state index in [2.05, 4.69) is 22.9 Å². The number of benzene rings is 1. The highest BCUT2D eigenvalue weighted by molar-refractivity contribution is 6.00. The highest BCUT2D eigenvalue weighted by atomic mass is 16.2. The summed E-state index contributed by atoms with van der Waals surface area (Å²) in [6, 6.07) is 13.7. The summed E-state index contributed by atoms with van der Waals surface area (Å²) in [5.41, 5.74) is 2.64. The first-order chi connectivity index (χ1) is 15.1. The fourth-order valence-corrected chi connectivity index (χ4v) is 4.38. The third-order valence-electron chi connectivity index (χ3n) is 6.14. The van der Waals surface area contributed by atoms with Gasteiger partial charge in [-0.2, -0.15) is 5.26 Å². The second-order valence-electron chi connectivity index (χ2n) is 8.08. The molecule has 2 saturated heterocycles. The van der Waals surface area contributed by atoms with Crippen LogP contribution in [0.4, 0.5) is 11.5 Å². The van der Waals surface area contributed by atoms with Gasteiger partial charge in [-0.1, -0.05) is 19.1 Å². The van der Waals surface area contributed by atoms with Gasteiger partial charge in [-0.25, -0.2) is 4.98 Å². The van der Waals surface area contributed by atoms with Gasteiger partial charge in [0.2, 0.25) is 11.8 Å². The molecule has 160 valence electrons. The van der Waals surface area contributed by atoms with E-state index < -0.39 is 0 Å². The summed E-state index contributed by atoms with van der Waals surface area (Å²) >= 11 is 0. The Morgan fingerprint density at radius 3 is 2.71 bits per heavy atom. The summed E-state index contributed by atoms with van der Waals surface area (Å²) in [6.07, 6.45) is 3.70. The number of pyridine rings is 1. The highest BCUT2D eigenvalue weighted by Crippen LogP contribution is 2.27. The maximum atomic E-state index is 13.2. The average molecular weight is 418 g/mol. The number of hydrogen-bond acceptors (Lipinski definition) is 5. The molecule has 0 saturated carbocycles. The van der Waals surface area contributed by atoms with Crippen LogP contribution in [0.25, 0.3) is 0 Å². The van der Waals surface area contributed by atoms with E-state index in [9.17, 15) is 14.9 Å². The zero-order valence-electron chi connectivity index (χ0n) is 17.8. The number of aromatic nitrogens is 1. The molecule has 0 radical (unpaired) electrons. The van der Waals surface area contributed by atoms with E-state index >= 15 is 0 Å². The lowest BCUT2D eigenvalue weighted by Gasteiger charge is -2.25. The van der Waals surface area contributed by atoms with Gasteiger partial charge >= 0.3 is 0 Å². The summed E-state index contributed by atoms with van der Waals surface area (Å²) in [5.74, 6) is 0.419. The van der Waals surface area contributed by atoms with E-state index in [-0.39, 0.29) is 24.2 Å². The molecule has 2 fully saturated rings. The average Bonchev–Trinajstić information content (AvgIpc) is 3.04. The molecular formula is C24H27N5O2. The normalized spacial score (nSPS) is 19.3. The van der Waals surface area contributed by atoms with E-state index in [1.165, 1.54) is 5.56 Å². The number of nitrogens with zero attached hydrogens (tertiary/aromatic N) is 5.